The molecule has 0 aromatic heterocycles. The van der Waals surface area contributed by atoms with Crippen molar-refractivity contribution in [2.75, 3.05) is 32.7 Å². The fraction of sp³-hybridized carbons (Fsp3) is 0.579. The molecule has 0 radical (unpaired) electrons. The van der Waals surface area contributed by atoms with Crippen molar-refractivity contribution in [1.82, 2.24) is 9.80 Å². The minimum absolute atomic E-state index is 0.0710. The van der Waals surface area contributed by atoms with Crippen LogP contribution in [0.4, 0.5) is 0 Å². The molecule has 1 aromatic rings. The van der Waals surface area contributed by atoms with Crippen LogP contribution in [0.5, 0.6) is 0 Å². The van der Waals surface area contributed by atoms with Crippen molar-refractivity contribution in [3.63, 3.8) is 0 Å². The fourth-order valence-electron chi connectivity index (χ4n) is 3.26. The third-order valence-electron chi connectivity index (χ3n) is 4.71. The molecule has 3 atom stereocenters. The summed E-state index contributed by atoms with van der Waals surface area (Å²) >= 11 is 0. The van der Waals surface area contributed by atoms with Crippen LogP contribution in [0.1, 0.15) is 31.4 Å². The highest BCUT2D eigenvalue weighted by molar-refractivity contribution is 5.17. The van der Waals surface area contributed by atoms with E-state index in [4.69, 9.17) is 5.26 Å². The molecule has 0 saturated carbocycles. The second-order valence-corrected chi connectivity index (χ2v) is 6.55. The first-order chi connectivity index (χ1) is 11.6. The fourth-order valence-corrected chi connectivity index (χ4v) is 3.26. The van der Waals surface area contributed by atoms with Crippen LogP contribution in [-0.4, -0.2) is 53.7 Å². The van der Waals surface area contributed by atoms with Crippen LogP contribution in [0.2, 0.25) is 0 Å². The molecule has 1 saturated heterocycles. The summed E-state index contributed by atoms with van der Waals surface area (Å²) in [4.78, 5) is 4.62. The minimum Gasteiger partial charge on any atom is -0.387 e. The van der Waals surface area contributed by atoms with E-state index in [-0.39, 0.29) is 5.92 Å². The lowest BCUT2D eigenvalue weighted by atomic mass is 10.0. The van der Waals surface area contributed by atoms with Crippen molar-refractivity contribution in [1.29, 1.82) is 10.5 Å². The smallest absolute Gasteiger partial charge is 0.0917 e. The van der Waals surface area contributed by atoms with Gasteiger partial charge in [0.1, 0.15) is 0 Å². The molecule has 1 aliphatic rings. The molecule has 1 aliphatic heterocycles. The Morgan fingerprint density at radius 2 is 1.96 bits per heavy atom. The Balaban J connectivity index is 1.82. The molecular formula is C19H26N4O. The minimum atomic E-state index is -0.470. The van der Waals surface area contributed by atoms with Crippen molar-refractivity contribution in [3.05, 3.63) is 35.9 Å². The quantitative estimate of drug-likeness (QED) is 0.831. The maximum Gasteiger partial charge on any atom is 0.0917 e. The zero-order valence-electron chi connectivity index (χ0n) is 14.3. The van der Waals surface area contributed by atoms with Gasteiger partial charge in [-0.25, -0.2) is 0 Å². The SMILES string of the molecule is C[C@@H]1CN(C[C@H](C#N)CCC#N)CCN1C[C@H](O)c1ccccc1. The molecule has 1 heterocycles. The van der Waals surface area contributed by atoms with Crippen LogP contribution < -0.4 is 0 Å². The Morgan fingerprint density at radius 3 is 2.58 bits per heavy atom. The van der Waals surface area contributed by atoms with Crippen LogP contribution in [0.15, 0.2) is 30.3 Å². The molecule has 1 fully saturated rings. The van der Waals surface area contributed by atoms with E-state index in [0.717, 1.165) is 31.7 Å². The van der Waals surface area contributed by atoms with Crippen molar-refractivity contribution < 1.29 is 5.11 Å². The van der Waals surface area contributed by atoms with Crippen LogP contribution in [0.25, 0.3) is 0 Å². The number of aliphatic hydroxyl groups is 1. The summed E-state index contributed by atoms with van der Waals surface area (Å²) in [5.41, 5.74) is 0.952. The molecule has 24 heavy (non-hydrogen) atoms. The second-order valence-electron chi connectivity index (χ2n) is 6.55. The monoisotopic (exact) mass is 326 g/mol. The van der Waals surface area contributed by atoms with Gasteiger partial charge in [-0.05, 0) is 18.9 Å². The standard InChI is InChI=1S/C19H26N4O/c1-16-13-22(14-17(12-21)6-5-9-20)10-11-23(16)15-19(24)18-7-3-2-4-8-18/h2-4,7-8,16-17,19,24H,5-6,10-11,13-15H2,1H3/t16-,17+,19+/m1/s1. The molecule has 5 heteroatoms. The van der Waals surface area contributed by atoms with Crippen LogP contribution in [0, 0.1) is 28.6 Å². The van der Waals surface area contributed by atoms with E-state index >= 15 is 0 Å². The number of β-amino-alcohol motifs (C(OH)–C–C–N with tert-alkyl or cyclic N) is 1. The Hall–Kier alpha value is -1.92. The molecule has 5 nitrogen and oxygen atoms in total. The normalized spacial score (nSPS) is 21.6. The van der Waals surface area contributed by atoms with E-state index in [1.807, 2.05) is 30.3 Å². The zero-order valence-corrected chi connectivity index (χ0v) is 14.3. The summed E-state index contributed by atoms with van der Waals surface area (Å²) in [5, 5.41) is 28.3. The van der Waals surface area contributed by atoms with E-state index in [1.54, 1.807) is 0 Å². The maximum atomic E-state index is 10.4. The third-order valence-corrected chi connectivity index (χ3v) is 4.71. The highest BCUT2D eigenvalue weighted by Gasteiger charge is 2.26. The molecule has 0 unspecified atom stereocenters. The molecule has 0 aliphatic carbocycles. The lowest BCUT2D eigenvalue weighted by molar-refractivity contribution is 0.0356. The molecule has 0 amide bonds. The summed E-state index contributed by atoms with van der Waals surface area (Å²) in [6.07, 6.45) is 0.619. The Morgan fingerprint density at radius 1 is 1.21 bits per heavy atom. The van der Waals surface area contributed by atoms with Gasteiger partial charge in [0.2, 0.25) is 0 Å². The van der Waals surface area contributed by atoms with E-state index in [2.05, 4.69) is 28.9 Å². The summed E-state index contributed by atoms with van der Waals surface area (Å²) in [7, 11) is 0. The average Bonchev–Trinajstić information content (AvgIpc) is 2.61. The summed E-state index contributed by atoms with van der Waals surface area (Å²) < 4.78 is 0. The highest BCUT2D eigenvalue weighted by Crippen LogP contribution is 2.19. The number of nitriles is 2. The van der Waals surface area contributed by atoms with Gasteiger partial charge in [0.15, 0.2) is 0 Å². The van der Waals surface area contributed by atoms with Crippen molar-refractivity contribution >= 4 is 0 Å². The van der Waals surface area contributed by atoms with Crippen molar-refractivity contribution in [2.24, 2.45) is 5.92 Å². The summed E-state index contributed by atoms with van der Waals surface area (Å²) in [6.45, 7) is 6.22. The topological polar surface area (TPSA) is 74.3 Å². The lowest BCUT2D eigenvalue weighted by Crippen LogP contribution is -2.53. The van der Waals surface area contributed by atoms with Gasteiger partial charge in [-0.3, -0.25) is 9.80 Å². The Bertz CT molecular complexity index is 577. The maximum absolute atomic E-state index is 10.4. The van der Waals surface area contributed by atoms with Gasteiger partial charge in [0, 0.05) is 45.2 Å². The van der Waals surface area contributed by atoms with Gasteiger partial charge in [-0.2, -0.15) is 10.5 Å². The van der Waals surface area contributed by atoms with E-state index in [1.165, 1.54) is 0 Å². The average molecular weight is 326 g/mol. The first kappa shape index (κ1) is 18.4. The predicted octanol–water partition coefficient (Wildman–Crippen LogP) is 2.17. The number of benzene rings is 1. The lowest BCUT2D eigenvalue weighted by Gasteiger charge is -2.41. The number of nitrogens with zero attached hydrogens (tertiary/aromatic N) is 4. The van der Waals surface area contributed by atoms with Gasteiger partial charge in [-0.1, -0.05) is 30.3 Å². The van der Waals surface area contributed by atoms with Crippen molar-refractivity contribution in [2.45, 2.75) is 31.9 Å². The molecule has 2 rings (SSSR count). The Labute approximate surface area is 144 Å². The summed E-state index contributed by atoms with van der Waals surface area (Å²) in [5.74, 6) is -0.0710. The van der Waals surface area contributed by atoms with Gasteiger partial charge in [0.25, 0.3) is 0 Å². The predicted molar refractivity (Wildman–Crippen MR) is 92.8 cm³/mol. The first-order valence-electron chi connectivity index (χ1n) is 8.60. The van der Waals surface area contributed by atoms with Gasteiger partial charge in [0.05, 0.1) is 24.2 Å². The van der Waals surface area contributed by atoms with Crippen LogP contribution in [-0.2, 0) is 0 Å². The van der Waals surface area contributed by atoms with Gasteiger partial charge >= 0.3 is 0 Å². The number of aliphatic hydroxyl groups excluding tert-OH is 1. The van der Waals surface area contributed by atoms with Crippen LogP contribution >= 0.6 is 0 Å². The molecule has 0 spiro atoms. The second kappa shape index (κ2) is 9.39. The molecule has 0 bridgehead atoms. The van der Waals surface area contributed by atoms with E-state index < -0.39 is 6.10 Å². The third kappa shape index (κ3) is 5.32. The van der Waals surface area contributed by atoms with Gasteiger partial charge < -0.3 is 5.11 Å². The van der Waals surface area contributed by atoms with Gasteiger partial charge in [-0.15, -0.1) is 0 Å². The first-order valence-corrected chi connectivity index (χ1v) is 8.60. The van der Waals surface area contributed by atoms with E-state index in [0.29, 0.717) is 25.4 Å². The molecule has 1 aromatic carbocycles. The molecule has 128 valence electrons. The van der Waals surface area contributed by atoms with Crippen LogP contribution in [0.3, 0.4) is 0 Å². The zero-order chi connectivity index (χ0) is 17.4. The molecular weight excluding hydrogens is 300 g/mol. The van der Waals surface area contributed by atoms with E-state index in [9.17, 15) is 10.4 Å². The molecule has 1 N–H and O–H groups in total. The largest absolute Gasteiger partial charge is 0.387 e. The summed E-state index contributed by atoms with van der Waals surface area (Å²) in [6, 6.07) is 14.5. The number of hydrogen-bond donors (Lipinski definition) is 1. The Kier molecular flexibility index (Phi) is 7.21. The number of rotatable bonds is 7. The highest BCUT2D eigenvalue weighted by atomic mass is 16.3. The number of piperazine rings is 1. The number of hydrogen-bond acceptors (Lipinski definition) is 5. The van der Waals surface area contributed by atoms with Crippen molar-refractivity contribution in [3.8, 4) is 12.1 Å².